The summed E-state index contributed by atoms with van der Waals surface area (Å²) in [5.74, 6) is -2.33. The molecule has 0 bridgehead atoms. The molecule has 80 valence electrons. The van der Waals surface area contributed by atoms with E-state index in [-0.39, 0.29) is 22.5 Å². The monoisotopic (exact) mass is 275 g/mol. The molecule has 0 spiro atoms. The summed E-state index contributed by atoms with van der Waals surface area (Å²) in [6.45, 7) is 0. The van der Waals surface area contributed by atoms with Crippen molar-refractivity contribution in [2.45, 2.75) is 0 Å². The zero-order valence-corrected chi connectivity index (χ0v) is 9.04. The van der Waals surface area contributed by atoms with E-state index in [1.807, 2.05) is 0 Å². The van der Waals surface area contributed by atoms with Crippen LogP contribution in [0.1, 0.15) is 10.4 Å². The maximum atomic E-state index is 12.9. The van der Waals surface area contributed by atoms with Crippen molar-refractivity contribution in [3.63, 3.8) is 0 Å². The molecule has 15 heavy (non-hydrogen) atoms. The van der Waals surface area contributed by atoms with Crippen LogP contribution in [0, 0.1) is 5.82 Å². The average Bonchev–Trinajstić information content (AvgIpc) is 2.16. The molecule has 1 rings (SSSR count). The van der Waals surface area contributed by atoms with Gasteiger partial charge in [-0.05, 0) is 18.2 Å². The van der Waals surface area contributed by atoms with E-state index in [4.69, 9.17) is 5.11 Å². The van der Waals surface area contributed by atoms with Crippen molar-refractivity contribution in [3.8, 4) is 0 Å². The highest BCUT2D eigenvalue weighted by atomic mass is 79.9. The fourth-order valence-electron chi connectivity index (χ4n) is 0.980. The standard InChI is InChI=1S/C9H7BrFNO3/c10-4-8(13)12-7-2-5(9(14)15)1-6(11)3-7/h1-3H,4H2,(H,12,13)(H,14,15). The predicted octanol–water partition coefficient (Wildman–Crippen LogP) is 1.86. The molecule has 0 radical (unpaired) electrons. The number of halogens is 2. The summed E-state index contributed by atoms with van der Waals surface area (Å²) in [6.07, 6.45) is 0. The Kier molecular flexibility index (Phi) is 3.79. The number of carbonyl (C=O) groups is 2. The summed E-state index contributed by atoms with van der Waals surface area (Å²) in [4.78, 5) is 21.5. The Labute approximate surface area is 93.2 Å². The van der Waals surface area contributed by atoms with Crippen molar-refractivity contribution in [3.05, 3.63) is 29.6 Å². The Morgan fingerprint density at radius 2 is 2.07 bits per heavy atom. The lowest BCUT2D eigenvalue weighted by molar-refractivity contribution is -0.113. The number of nitrogens with one attached hydrogen (secondary N) is 1. The van der Waals surface area contributed by atoms with E-state index < -0.39 is 11.8 Å². The van der Waals surface area contributed by atoms with E-state index in [9.17, 15) is 14.0 Å². The summed E-state index contributed by atoms with van der Waals surface area (Å²) >= 11 is 2.92. The minimum atomic E-state index is -1.25. The molecule has 1 amide bonds. The van der Waals surface area contributed by atoms with Crippen molar-refractivity contribution in [1.29, 1.82) is 0 Å². The Morgan fingerprint density at radius 3 is 2.60 bits per heavy atom. The molecule has 0 saturated heterocycles. The smallest absolute Gasteiger partial charge is 0.335 e. The van der Waals surface area contributed by atoms with Gasteiger partial charge in [0.2, 0.25) is 5.91 Å². The molecule has 0 aliphatic rings. The van der Waals surface area contributed by atoms with Gasteiger partial charge in [0, 0.05) is 5.69 Å². The third-order valence-corrected chi connectivity index (χ3v) is 2.06. The summed E-state index contributed by atoms with van der Waals surface area (Å²) < 4.78 is 12.9. The third kappa shape index (κ3) is 3.32. The van der Waals surface area contributed by atoms with Gasteiger partial charge in [0.1, 0.15) is 5.82 Å². The number of amides is 1. The Balaban J connectivity index is 2.98. The van der Waals surface area contributed by atoms with Gasteiger partial charge in [-0.1, -0.05) is 15.9 Å². The van der Waals surface area contributed by atoms with Crippen LogP contribution in [0.2, 0.25) is 0 Å². The molecule has 0 aliphatic heterocycles. The summed E-state index contributed by atoms with van der Waals surface area (Å²) in [6, 6.07) is 3.12. The fraction of sp³-hybridized carbons (Fsp3) is 0.111. The summed E-state index contributed by atoms with van der Waals surface area (Å²) in [5, 5.41) is 11.0. The molecule has 0 aromatic heterocycles. The lowest BCUT2D eigenvalue weighted by Gasteiger charge is -2.04. The lowest BCUT2D eigenvalue weighted by atomic mass is 10.2. The van der Waals surface area contributed by atoms with Crippen LogP contribution in [0.3, 0.4) is 0 Å². The quantitative estimate of drug-likeness (QED) is 0.828. The second kappa shape index (κ2) is 4.88. The molecule has 1 aromatic carbocycles. The average molecular weight is 276 g/mol. The minimum absolute atomic E-state index is 0.0614. The third-order valence-electron chi connectivity index (χ3n) is 1.55. The molecule has 0 heterocycles. The second-order valence-corrected chi connectivity index (χ2v) is 3.28. The molecule has 2 N–H and O–H groups in total. The van der Waals surface area contributed by atoms with Gasteiger partial charge in [-0.2, -0.15) is 0 Å². The molecule has 0 unspecified atom stereocenters. The minimum Gasteiger partial charge on any atom is -0.478 e. The Morgan fingerprint density at radius 1 is 1.40 bits per heavy atom. The van der Waals surface area contributed by atoms with E-state index in [0.29, 0.717) is 0 Å². The molecule has 1 aromatic rings. The van der Waals surface area contributed by atoms with Gasteiger partial charge in [-0.3, -0.25) is 4.79 Å². The highest BCUT2D eigenvalue weighted by molar-refractivity contribution is 9.09. The van der Waals surface area contributed by atoms with E-state index >= 15 is 0 Å². The van der Waals surface area contributed by atoms with Gasteiger partial charge in [-0.25, -0.2) is 9.18 Å². The number of benzene rings is 1. The maximum Gasteiger partial charge on any atom is 0.335 e. The summed E-state index contributed by atoms with van der Waals surface area (Å²) in [7, 11) is 0. The summed E-state index contributed by atoms with van der Waals surface area (Å²) in [5.41, 5.74) is -0.0864. The molecule has 0 aliphatic carbocycles. The molecule has 4 nitrogen and oxygen atoms in total. The van der Waals surface area contributed by atoms with Gasteiger partial charge in [0.25, 0.3) is 0 Å². The second-order valence-electron chi connectivity index (χ2n) is 2.72. The predicted molar refractivity (Wildman–Crippen MR) is 55.8 cm³/mol. The number of rotatable bonds is 3. The maximum absolute atomic E-state index is 12.9. The fourth-order valence-corrected chi connectivity index (χ4v) is 1.12. The van der Waals surface area contributed by atoms with E-state index in [1.54, 1.807) is 0 Å². The van der Waals surface area contributed by atoms with Gasteiger partial charge < -0.3 is 10.4 Å². The van der Waals surface area contributed by atoms with Crippen molar-refractivity contribution < 1.29 is 19.1 Å². The SMILES string of the molecule is O=C(CBr)Nc1cc(F)cc(C(=O)O)c1. The van der Waals surface area contributed by atoms with Crippen molar-refractivity contribution in [1.82, 2.24) is 0 Å². The first-order valence-corrected chi connectivity index (χ1v) is 5.05. The first-order valence-electron chi connectivity index (χ1n) is 3.92. The van der Waals surface area contributed by atoms with Crippen LogP contribution >= 0.6 is 15.9 Å². The number of carbonyl (C=O) groups excluding carboxylic acids is 1. The first-order chi connectivity index (χ1) is 7.02. The molecule has 0 saturated carbocycles. The highest BCUT2D eigenvalue weighted by Crippen LogP contribution is 2.14. The van der Waals surface area contributed by atoms with Gasteiger partial charge in [0.15, 0.2) is 0 Å². The zero-order valence-electron chi connectivity index (χ0n) is 7.46. The molecule has 6 heteroatoms. The van der Waals surface area contributed by atoms with E-state index in [2.05, 4.69) is 21.2 Å². The number of alkyl halides is 1. The van der Waals surface area contributed by atoms with Crippen LogP contribution in [0.15, 0.2) is 18.2 Å². The van der Waals surface area contributed by atoms with Gasteiger partial charge >= 0.3 is 5.97 Å². The number of carboxylic acids is 1. The normalized spacial score (nSPS) is 9.73. The topological polar surface area (TPSA) is 66.4 Å². The highest BCUT2D eigenvalue weighted by Gasteiger charge is 2.08. The molecule has 0 atom stereocenters. The number of hydrogen-bond donors (Lipinski definition) is 2. The van der Waals surface area contributed by atoms with Crippen LogP contribution in [-0.4, -0.2) is 22.3 Å². The van der Waals surface area contributed by atoms with E-state index in [0.717, 1.165) is 12.1 Å². The van der Waals surface area contributed by atoms with Crippen LogP contribution in [0.4, 0.5) is 10.1 Å². The van der Waals surface area contributed by atoms with Crippen molar-refractivity contribution in [2.75, 3.05) is 10.6 Å². The number of carboxylic acid groups (broad SMARTS) is 1. The van der Waals surface area contributed by atoms with Crippen LogP contribution in [-0.2, 0) is 4.79 Å². The van der Waals surface area contributed by atoms with Crippen LogP contribution in [0.5, 0.6) is 0 Å². The zero-order chi connectivity index (χ0) is 11.4. The number of anilines is 1. The van der Waals surface area contributed by atoms with Gasteiger partial charge in [0.05, 0.1) is 10.9 Å². The van der Waals surface area contributed by atoms with Crippen LogP contribution in [0.25, 0.3) is 0 Å². The van der Waals surface area contributed by atoms with Crippen molar-refractivity contribution in [2.24, 2.45) is 0 Å². The molecular formula is C9H7BrFNO3. The number of hydrogen-bond acceptors (Lipinski definition) is 2. The Hall–Kier alpha value is -1.43. The molecule has 0 fully saturated rings. The number of aromatic carboxylic acids is 1. The Bertz CT molecular complexity index is 408. The van der Waals surface area contributed by atoms with Crippen LogP contribution < -0.4 is 5.32 Å². The van der Waals surface area contributed by atoms with Gasteiger partial charge in [-0.15, -0.1) is 0 Å². The lowest BCUT2D eigenvalue weighted by Crippen LogP contribution is -2.13. The first kappa shape index (κ1) is 11.6. The largest absolute Gasteiger partial charge is 0.478 e. The van der Waals surface area contributed by atoms with Crippen molar-refractivity contribution >= 4 is 33.5 Å². The molecular weight excluding hydrogens is 269 g/mol. The van der Waals surface area contributed by atoms with E-state index in [1.165, 1.54) is 6.07 Å².